The Morgan fingerprint density at radius 1 is 1.14 bits per heavy atom. The average molecular weight is 513 g/mol. The number of fused-ring (bicyclic) bond motifs is 1. The molecule has 0 spiro atoms. The maximum Gasteiger partial charge on any atom is 0.397 e. The highest BCUT2D eigenvalue weighted by molar-refractivity contribution is 6.14. The highest BCUT2D eigenvalue weighted by atomic mass is 19.3. The summed E-state index contributed by atoms with van der Waals surface area (Å²) >= 11 is 0. The number of benzene rings is 2. The highest BCUT2D eigenvalue weighted by Gasteiger charge is 2.30. The predicted molar refractivity (Wildman–Crippen MR) is 144 cm³/mol. The third-order valence-electron chi connectivity index (χ3n) is 7.46. The molecule has 37 heavy (non-hydrogen) atoms. The molecule has 0 radical (unpaired) electrons. The van der Waals surface area contributed by atoms with Crippen LogP contribution < -0.4 is 15.0 Å². The molecular weight excluding hydrogens is 474 g/mol. The van der Waals surface area contributed by atoms with Gasteiger partial charge in [0, 0.05) is 62.9 Å². The van der Waals surface area contributed by atoms with Crippen molar-refractivity contribution in [2.75, 3.05) is 45.2 Å². The molecule has 2 unspecified atom stereocenters. The molecule has 2 aliphatic rings. The predicted octanol–water partition coefficient (Wildman–Crippen LogP) is 4.74. The van der Waals surface area contributed by atoms with Gasteiger partial charge in [0.25, 0.3) is 0 Å². The monoisotopic (exact) mass is 512 g/mol. The van der Waals surface area contributed by atoms with Crippen LogP contribution in [0, 0.1) is 5.92 Å². The minimum atomic E-state index is -3.23. The topological polar surface area (TPSA) is 57.2 Å². The summed E-state index contributed by atoms with van der Waals surface area (Å²) < 4.78 is 33.1. The Morgan fingerprint density at radius 3 is 2.49 bits per heavy atom. The van der Waals surface area contributed by atoms with Crippen molar-refractivity contribution in [1.82, 2.24) is 10.2 Å². The van der Waals surface area contributed by atoms with E-state index in [1.807, 2.05) is 6.07 Å². The molecule has 200 valence electrons. The van der Waals surface area contributed by atoms with E-state index in [9.17, 15) is 13.6 Å². The second kappa shape index (κ2) is 11.6. The van der Waals surface area contributed by atoms with Gasteiger partial charge in [-0.1, -0.05) is 32.0 Å². The van der Waals surface area contributed by atoms with Gasteiger partial charge in [0.2, 0.25) is 5.91 Å². The Hall–Kier alpha value is -3.00. The summed E-state index contributed by atoms with van der Waals surface area (Å²) in [7, 11) is 3.77. The van der Waals surface area contributed by atoms with Crippen molar-refractivity contribution in [2.45, 2.75) is 51.7 Å². The van der Waals surface area contributed by atoms with Crippen LogP contribution in [0.5, 0.6) is 5.75 Å². The number of carbonyl (C=O) groups is 1. The number of ether oxygens (including phenoxy) is 1. The maximum absolute atomic E-state index is 14.1. The fourth-order valence-electron chi connectivity index (χ4n) is 4.99. The van der Waals surface area contributed by atoms with Crippen molar-refractivity contribution >= 4 is 17.3 Å². The van der Waals surface area contributed by atoms with E-state index in [2.05, 4.69) is 53.4 Å². The Morgan fingerprint density at radius 2 is 1.84 bits per heavy atom. The van der Waals surface area contributed by atoms with Gasteiger partial charge in [0.05, 0.1) is 11.8 Å². The Kier molecular flexibility index (Phi) is 8.47. The molecule has 1 fully saturated rings. The normalized spacial score (nSPS) is 20.6. The van der Waals surface area contributed by atoms with Gasteiger partial charge in [0.1, 0.15) is 5.75 Å². The van der Waals surface area contributed by atoms with E-state index in [1.165, 1.54) is 6.92 Å². The summed E-state index contributed by atoms with van der Waals surface area (Å²) in [6.45, 7) is 7.54. The highest BCUT2D eigenvalue weighted by Crippen LogP contribution is 2.33. The molecule has 1 amide bonds. The fourth-order valence-corrected chi connectivity index (χ4v) is 4.99. The molecule has 1 N–H and O–H groups in total. The first kappa shape index (κ1) is 27.0. The lowest BCUT2D eigenvalue weighted by Crippen LogP contribution is -2.44. The van der Waals surface area contributed by atoms with E-state index in [1.54, 1.807) is 19.2 Å². The largest absolute Gasteiger partial charge is 0.433 e. The van der Waals surface area contributed by atoms with Gasteiger partial charge < -0.3 is 19.9 Å². The second-order valence-corrected chi connectivity index (χ2v) is 10.2. The smallest absolute Gasteiger partial charge is 0.397 e. The third kappa shape index (κ3) is 6.66. The van der Waals surface area contributed by atoms with Crippen LogP contribution in [0.3, 0.4) is 0 Å². The molecule has 2 aromatic rings. The van der Waals surface area contributed by atoms with Crippen LogP contribution in [-0.4, -0.2) is 68.9 Å². The third-order valence-corrected chi connectivity index (χ3v) is 7.46. The minimum absolute atomic E-state index is 0.0141. The van der Waals surface area contributed by atoms with E-state index in [0.717, 1.165) is 60.7 Å². The molecule has 2 aromatic carbocycles. The average Bonchev–Trinajstić information content (AvgIpc) is 3.03. The number of piperazine rings is 1. The lowest BCUT2D eigenvalue weighted by Gasteiger charge is -2.34. The molecular formula is C29H38F2N4O2. The van der Waals surface area contributed by atoms with Crippen molar-refractivity contribution in [3.8, 4) is 5.75 Å². The summed E-state index contributed by atoms with van der Waals surface area (Å²) in [5.41, 5.74) is 4.71. The van der Waals surface area contributed by atoms with Crippen molar-refractivity contribution in [3.63, 3.8) is 0 Å². The summed E-state index contributed by atoms with van der Waals surface area (Å²) in [5.74, 6) is 0.304. The van der Waals surface area contributed by atoms with Gasteiger partial charge in [-0.25, -0.2) is 0 Å². The Labute approximate surface area is 218 Å². The number of alkyl halides is 2. The van der Waals surface area contributed by atoms with E-state index in [4.69, 9.17) is 9.73 Å². The molecule has 4 rings (SSSR count). The van der Waals surface area contributed by atoms with Crippen LogP contribution >= 0.6 is 0 Å². The van der Waals surface area contributed by atoms with Crippen molar-refractivity contribution in [1.29, 1.82) is 0 Å². The standard InChI is InChI=1S/C29H38F2N4O2/c1-5-29(30,31)37-24-11-8-22-18-20(2)26(12-13-27(36)32-3)33-28(25(22)19-24)21-6-9-23(10-7-21)35-16-14-34(4)15-17-35/h6-11,19-20,26H,5,12-18H2,1-4H3,(H,32,36). The van der Waals surface area contributed by atoms with E-state index < -0.39 is 12.5 Å². The Bertz CT molecular complexity index is 1110. The molecule has 2 aliphatic heterocycles. The lowest BCUT2D eigenvalue weighted by atomic mass is 9.90. The van der Waals surface area contributed by atoms with Gasteiger partial charge in [-0.15, -0.1) is 0 Å². The number of rotatable bonds is 8. The van der Waals surface area contributed by atoms with E-state index in [-0.39, 0.29) is 23.6 Å². The number of anilines is 1. The molecule has 2 heterocycles. The maximum atomic E-state index is 14.1. The first-order valence-electron chi connectivity index (χ1n) is 13.2. The van der Waals surface area contributed by atoms with Gasteiger partial charge in [-0.2, -0.15) is 8.78 Å². The number of nitrogens with one attached hydrogen (secondary N) is 1. The zero-order chi connectivity index (χ0) is 26.6. The molecule has 0 bridgehead atoms. The van der Waals surface area contributed by atoms with Crippen molar-refractivity contribution in [2.24, 2.45) is 10.9 Å². The van der Waals surface area contributed by atoms with E-state index >= 15 is 0 Å². The van der Waals surface area contributed by atoms with Gasteiger partial charge >= 0.3 is 6.11 Å². The molecule has 1 saturated heterocycles. The summed E-state index contributed by atoms with van der Waals surface area (Å²) in [4.78, 5) is 21.8. The molecule has 0 aliphatic carbocycles. The lowest BCUT2D eigenvalue weighted by molar-refractivity contribution is -0.177. The van der Waals surface area contributed by atoms with Crippen LogP contribution in [0.25, 0.3) is 0 Å². The number of hydrogen-bond acceptors (Lipinski definition) is 5. The number of halogens is 2. The number of aliphatic imine (C=N–C) groups is 1. The zero-order valence-electron chi connectivity index (χ0n) is 22.3. The second-order valence-electron chi connectivity index (χ2n) is 10.2. The molecule has 8 heteroatoms. The van der Waals surface area contributed by atoms with Crippen molar-refractivity contribution in [3.05, 3.63) is 59.2 Å². The van der Waals surface area contributed by atoms with Gasteiger partial charge in [0.15, 0.2) is 0 Å². The first-order valence-corrected chi connectivity index (χ1v) is 13.2. The number of hydrogen-bond donors (Lipinski definition) is 1. The number of carbonyl (C=O) groups excluding carboxylic acids is 1. The van der Waals surface area contributed by atoms with Crippen LogP contribution in [-0.2, 0) is 11.2 Å². The molecule has 6 nitrogen and oxygen atoms in total. The summed E-state index contributed by atoms with van der Waals surface area (Å²) in [6.07, 6.45) is -1.89. The number of amides is 1. The molecule has 0 saturated carbocycles. The molecule has 0 aromatic heterocycles. The quantitative estimate of drug-likeness (QED) is 0.555. The summed E-state index contributed by atoms with van der Waals surface area (Å²) in [6, 6.07) is 13.5. The van der Waals surface area contributed by atoms with Crippen LogP contribution in [0.4, 0.5) is 14.5 Å². The van der Waals surface area contributed by atoms with E-state index in [0.29, 0.717) is 12.8 Å². The van der Waals surface area contributed by atoms with Gasteiger partial charge in [-0.3, -0.25) is 9.79 Å². The fraction of sp³-hybridized carbons (Fsp3) is 0.517. The van der Waals surface area contributed by atoms with Crippen LogP contribution in [0.15, 0.2) is 47.5 Å². The van der Waals surface area contributed by atoms with Crippen LogP contribution in [0.1, 0.15) is 49.8 Å². The minimum Gasteiger partial charge on any atom is -0.433 e. The van der Waals surface area contributed by atoms with Crippen molar-refractivity contribution < 1.29 is 18.3 Å². The number of likely N-dealkylation sites (N-methyl/N-ethyl adjacent to an activating group) is 1. The summed E-state index contributed by atoms with van der Waals surface area (Å²) in [5, 5.41) is 2.69. The number of nitrogens with zero attached hydrogens (tertiary/aromatic N) is 3. The zero-order valence-corrected chi connectivity index (χ0v) is 22.3. The van der Waals surface area contributed by atoms with Gasteiger partial charge in [-0.05, 0) is 55.6 Å². The molecule has 2 atom stereocenters. The van der Waals surface area contributed by atoms with Crippen LogP contribution in [0.2, 0.25) is 0 Å². The Balaban J connectivity index is 1.70. The first-order chi connectivity index (χ1) is 17.7. The SMILES string of the molecule is CCC(F)(F)Oc1ccc2c(c1)C(c1ccc(N3CCN(C)CC3)cc1)=NC(CCC(=O)NC)C(C)C2.